The number of nitrogens with one attached hydrogen (secondary N) is 1. The second kappa shape index (κ2) is 6.07. The number of aromatic carboxylic acids is 1. The molecule has 8 heteroatoms. The molecular formula is C13H7Cl2FN2O3. The Kier molecular flexibility index (Phi) is 4.40. The van der Waals surface area contributed by atoms with E-state index in [1.165, 1.54) is 18.2 Å². The van der Waals surface area contributed by atoms with Crippen LogP contribution in [0.1, 0.15) is 20.7 Å². The SMILES string of the molecule is O=C(O)c1ccc(NC(=O)c2cc(F)cnc2Cl)cc1Cl. The lowest BCUT2D eigenvalue weighted by Crippen LogP contribution is -2.13. The van der Waals surface area contributed by atoms with E-state index >= 15 is 0 Å². The first-order valence-electron chi connectivity index (χ1n) is 5.53. The van der Waals surface area contributed by atoms with Crippen LogP contribution in [0, 0.1) is 5.82 Å². The number of amides is 1. The Labute approximate surface area is 128 Å². The van der Waals surface area contributed by atoms with E-state index < -0.39 is 17.7 Å². The number of carbonyl (C=O) groups is 2. The topological polar surface area (TPSA) is 79.3 Å². The van der Waals surface area contributed by atoms with Crippen LogP contribution in [0.4, 0.5) is 10.1 Å². The maximum atomic E-state index is 13.1. The summed E-state index contributed by atoms with van der Waals surface area (Å²) in [5.74, 6) is -2.58. The molecule has 0 aliphatic carbocycles. The number of carboxylic acids is 1. The summed E-state index contributed by atoms with van der Waals surface area (Å²) in [6.07, 6.45) is 0.887. The molecule has 0 saturated carbocycles. The number of rotatable bonds is 3. The predicted molar refractivity (Wildman–Crippen MR) is 75.6 cm³/mol. The number of carbonyl (C=O) groups excluding carboxylic acids is 1. The Morgan fingerprint density at radius 2 is 1.90 bits per heavy atom. The molecule has 2 N–H and O–H groups in total. The molecule has 108 valence electrons. The van der Waals surface area contributed by atoms with Gasteiger partial charge in [0.05, 0.1) is 22.3 Å². The number of nitrogens with zero attached hydrogens (tertiary/aromatic N) is 1. The molecule has 1 heterocycles. The van der Waals surface area contributed by atoms with Crippen LogP contribution < -0.4 is 5.32 Å². The second-order valence-electron chi connectivity index (χ2n) is 3.95. The number of anilines is 1. The molecule has 5 nitrogen and oxygen atoms in total. The van der Waals surface area contributed by atoms with Gasteiger partial charge in [0.2, 0.25) is 0 Å². The van der Waals surface area contributed by atoms with E-state index in [2.05, 4.69) is 10.3 Å². The van der Waals surface area contributed by atoms with E-state index in [1.807, 2.05) is 0 Å². The minimum absolute atomic E-state index is 0.0382. The quantitative estimate of drug-likeness (QED) is 0.845. The number of aromatic nitrogens is 1. The Bertz CT molecular complexity index is 737. The summed E-state index contributed by atoms with van der Waals surface area (Å²) in [5, 5.41) is 11.1. The van der Waals surface area contributed by atoms with Crippen molar-refractivity contribution in [3.63, 3.8) is 0 Å². The van der Waals surface area contributed by atoms with Gasteiger partial charge in [-0.1, -0.05) is 23.2 Å². The lowest BCUT2D eigenvalue weighted by atomic mass is 10.2. The van der Waals surface area contributed by atoms with Crippen LogP contribution in [0.15, 0.2) is 30.5 Å². The lowest BCUT2D eigenvalue weighted by Gasteiger charge is -2.08. The normalized spacial score (nSPS) is 10.2. The molecule has 0 atom stereocenters. The monoisotopic (exact) mass is 328 g/mol. The van der Waals surface area contributed by atoms with Crippen LogP contribution in [0.3, 0.4) is 0 Å². The van der Waals surface area contributed by atoms with Crippen molar-refractivity contribution in [3.05, 3.63) is 57.6 Å². The molecule has 0 radical (unpaired) electrons. The summed E-state index contributed by atoms with van der Waals surface area (Å²) in [4.78, 5) is 26.3. The van der Waals surface area contributed by atoms with Crippen molar-refractivity contribution in [2.24, 2.45) is 0 Å². The fourth-order valence-electron chi connectivity index (χ4n) is 1.55. The zero-order valence-electron chi connectivity index (χ0n) is 10.2. The molecule has 0 unspecified atom stereocenters. The molecule has 2 rings (SSSR count). The molecule has 0 aliphatic rings. The Morgan fingerprint density at radius 1 is 1.19 bits per heavy atom. The van der Waals surface area contributed by atoms with Gasteiger partial charge in [-0.15, -0.1) is 0 Å². The van der Waals surface area contributed by atoms with Gasteiger partial charge in [-0.25, -0.2) is 14.2 Å². The molecule has 1 aromatic heterocycles. The van der Waals surface area contributed by atoms with E-state index in [1.54, 1.807) is 0 Å². The number of benzene rings is 1. The Morgan fingerprint density at radius 3 is 2.52 bits per heavy atom. The lowest BCUT2D eigenvalue weighted by molar-refractivity contribution is 0.0697. The van der Waals surface area contributed by atoms with Crippen LogP contribution >= 0.6 is 23.2 Å². The maximum Gasteiger partial charge on any atom is 0.337 e. The van der Waals surface area contributed by atoms with Crippen molar-refractivity contribution in [3.8, 4) is 0 Å². The minimum atomic E-state index is -1.18. The highest BCUT2D eigenvalue weighted by atomic mass is 35.5. The first kappa shape index (κ1) is 15.2. The molecule has 0 spiro atoms. The smallest absolute Gasteiger partial charge is 0.337 e. The van der Waals surface area contributed by atoms with Gasteiger partial charge >= 0.3 is 5.97 Å². The average Bonchev–Trinajstić information content (AvgIpc) is 2.41. The fourth-order valence-corrected chi connectivity index (χ4v) is 2.00. The largest absolute Gasteiger partial charge is 0.478 e. The van der Waals surface area contributed by atoms with Gasteiger partial charge in [0, 0.05) is 5.69 Å². The van der Waals surface area contributed by atoms with Gasteiger partial charge in [-0.2, -0.15) is 0 Å². The second-order valence-corrected chi connectivity index (χ2v) is 4.71. The third-order valence-electron chi connectivity index (χ3n) is 2.51. The van der Waals surface area contributed by atoms with Gasteiger partial charge in [0.1, 0.15) is 11.0 Å². The summed E-state index contributed by atoms with van der Waals surface area (Å²) >= 11 is 11.5. The van der Waals surface area contributed by atoms with E-state index in [0.717, 1.165) is 12.3 Å². The summed E-state index contributed by atoms with van der Waals surface area (Å²) in [5.41, 5.74) is 0.00514. The average molecular weight is 329 g/mol. The molecule has 21 heavy (non-hydrogen) atoms. The maximum absolute atomic E-state index is 13.1. The standard InChI is InChI=1S/C13H7Cl2FN2O3/c14-10-4-7(1-2-8(10)13(20)21)18-12(19)9-3-6(16)5-17-11(9)15/h1-5H,(H,18,19)(H,20,21). The zero-order chi connectivity index (χ0) is 15.6. The molecule has 0 saturated heterocycles. The van der Waals surface area contributed by atoms with Gasteiger partial charge in [-0.3, -0.25) is 4.79 Å². The molecule has 0 fully saturated rings. The highest BCUT2D eigenvalue weighted by Gasteiger charge is 2.14. The summed E-state index contributed by atoms with van der Waals surface area (Å²) in [7, 11) is 0. The number of pyridine rings is 1. The number of hydrogen-bond acceptors (Lipinski definition) is 3. The van der Waals surface area contributed by atoms with Crippen LogP contribution in [-0.2, 0) is 0 Å². The zero-order valence-corrected chi connectivity index (χ0v) is 11.7. The van der Waals surface area contributed by atoms with Crippen molar-refractivity contribution in [2.75, 3.05) is 5.32 Å². The van der Waals surface area contributed by atoms with Crippen LogP contribution in [0.25, 0.3) is 0 Å². The van der Waals surface area contributed by atoms with Crippen molar-refractivity contribution >= 4 is 40.8 Å². The number of carboxylic acid groups (broad SMARTS) is 1. The van der Waals surface area contributed by atoms with E-state index in [-0.39, 0.29) is 27.0 Å². The van der Waals surface area contributed by atoms with Gasteiger partial charge in [-0.05, 0) is 24.3 Å². The molecule has 1 aromatic carbocycles. The number of hydrogen-bond donors (Lipinski definition) is 2. The predicted octanol–water partition coefficient (Wildman–Crippen LogP) is 3.48. The third-order valence-corrected chi connectivity index (χ3v) is 3.12. The van der Waals surface area contributed by atoms with E-state index in [9.17, 15) is 14.0 Å². The third kappa shape index (κ3) is 3.48. The van der Waals surface area contributed by atoms with Crippen LogP contribution in [-0.4, -0.2) is 22.0 Å². The highest BCUT2D eigenvalue weighted by Crippen LogP contribution is 2.22. The molecule has 0 aliphatic heterocycles. The van der Waals surface area contributed by atoms with Gasteiger partial charge in [0.15, 0.2) is 0 Å². The molecule has 0 bridgehead atoms. The van der Waals surface area contributed by atoms with Crippen molar-refractivity contribution in [1.29, 1.82) is 0 Å². The molecule has 1 amide bonds. The first-order chi connectivity index (χ1) is 9.88. The minimum Gasteiger partial charge on any atom is -0.478 e. The highest BCUT2D eigenvalue weighted by molar-refractivity contribution is 6.34. The van der Waals surface area contributed by atoms with Gasteiger partial charge < -0.3 is 10.4 Å². The van der Waals surface area contributed by atoms with Crippen molar-refractivity contribution < 1.29 is 19.1 Å². The van der Waals surface area contributed by atoms with Gasteiger partial charge in [0.25, 0.3) is 5.91 Å². The van der Waals surface area contributed by atoms with E-state index in [0.29, 0.717) is 0 Å². The van der Waals surface area contributed by atoms with E-state index in [4.69, 9.17) is 28.3 Å². The fraction of sp³-hybridized carbons (Fsp3) is 0. The Balaban J connectivity index is 2.26. The summed E-state index contributed by atoms with van der Waals surface area (Å²) in [6.45, 7) is 0. The summed E-state index contributed by atoms with van der Waals surface area (Å²) in [6, 6.07) is 4.81. The van der Waals surface area contributed by atoms with Crippen molar-refractivity contribution in [2.45, 2.75) is 0 Å². The van der Waals surface area contributed by atoms with Crippen molar-refractivity contribution in [1.82, 2.24) is 4.98 Å². The Hall–Kier alpha value is -2.18. The first-order valence-corrected chi connectivity index (χ1v) is 6.29. The summed E-state index contributed by atoms with van der Waals surface area (Å²) < 4.78 is 13.1. The number of halogens is 3. The van der Waals surface area contributed by atoms with Crippen LogP contribution in [0.2, 0.25) is 10.2 Å². The molecular weight excluding hydrogens is 322 g/mol. The van der Waals surface area contributed by atoms with Crippen LogP contribution in [0.5, 0.6) is 0 Å². The molecule has 2 aromatic rings.